The Balaban J connectivity index is 1.53. The molecule has 0 aliphatic carbocycles. The molecule has 1 heterocycles. The van der Waals surface area contributed by atoms with Crippen LogP contribution in [0.2, 0.25) is 0 Å². The average molecular weight is 640 g/mol. The van der Waals surface area contributed by atoms with E-state index in [1.54, 1.807) is 68.6 Å². The third kappa shape index (κ3) is 7.36. The number of aliphatic imine (C=N–C) groups is 1. The maximum atomic E-state index is 13.0. The summed E-state index contributed by atoms with van der Waals surface area (Å²) >= 11 is 4.82. The Morgan fingerprint density at radius 3 is 2.27 bits per heavy atom. The van der Waals surface area contributed by atoms with E-state index in [-0.39, 0.29) is 18.1 Å². The van der Waals surface area contributed by atoms with Gasteiger partial charge in [0.15, 0.2) is 16.7 Å². The van der Waals surface area contributed by atoms with Crippen LogP contribution in [0, 0.1) is 0 Å². The van der Waals surface area contributed by atoms with Crippen LogP contribution in [0.3, 0.4) is 0 Å². The summed E-state index contributed by atoms with van der Waals surface area (Å²) < 4.78 is 17.5. The number of aromatic carboxylic acids is 1. The third-order valence-corrected chi connectivity index (χ3v) is 7.60. The molecule has 0 bridgehead atoms. The number of nitrogens with zero attached hydrogens (tertiary/aromatic N) is 2. The number of ether oxygens (including phenoxy) is 3. The first-order valence-corrected chi connectivity index (χ1v) is 14.3. The molecule has 3 aromatic rings. The molecule has 0 atom stereocenters. The molecule has 1 N–H and O–H groups in total. The Hall–Kier alpha value is -4.09. The molecular weight excluding hydrogens is 612 g/mol. The molecule has 4 rings (SSSR count). The Morgan fingerprint density at radius 2 is 1.63 bits per heavy atom. The molecule has 0 radical (unpaired) electrons. The van der Waals surface area contributed by atoms with Gasteiger partial charge >= 0.3 is 11.9 Å². The summed E-state index contributed by atoms with van der Waals surface area (Å²) in [6.07, 6.45) is 1.76. The van der Waals surface area contributed by atoms with E-state index in [1.807, 2.05) is 6.92 Å². The first-order chi connectivity index (χ1) is 19.7. The van der Waals surface area contributed by atoms with Crippen LogP contribution in [0.5, 0.6) is 11.5 Å². The number of esters is 1. The van der Waals surface area contributed by atoms with Gasteiger partial charge in [-0.1, -0.05) is 28.1 Å². The number of carboxylic acids is 1. The summed E-state index contributed by atoms with van der Waals surface area (Å²) in [5.41, 5.74) is 2.75. The fourth-order valence-electron chi connectivity index (χ4n) is 3.74. The number of benzene rings is 3. The quantitative estimate of drug-likeness (QED) is 0.197. The highest BCUT2D eigenvalue weighted by molar-refractivity contribution is 9.10. The number of amidine groups is 1. The van der Waals surface area contributed by atoms with Crippen molar-refractivity contribution in [2.45, 2.75) is 20.5 Å². The van der Waals surface area contributed by atoms with E-state index in [1.165, 1.54) is 28.8 Å². The zero-order chi connectivity index (χ0) is 29.5. The number of carbonyl (C=O) groups is 3. The lowest BCUT2D eigenvalue weighted by Crippen LogP contribution is -2.23. The predicted molar refractivity (Wildman–Crippen MR) is 161 cm³/mol. The molecule has 11 heteroatoms. The number of amides is 1. The van der Waals surface area contributed by atoms with Crippen molar-refractivity contribution in [3.05, 3.63) is 92.3 Å². The van der Waals surface area contributed by atoms with Gasteiger partial charge in [0.05, 0.1) is 34.9 Å². The average Bonchev–Trinajstić information content (AvgIpc) is 3.22. The van der Waals surface area contributed by atoms with Crippen molar-refractivity contribution >= 4 is 62.5 Å². The number of carbonyl (C=O) groups excluding carboxylic acids is 2. The van der Waals surface area contributed by atoms with Crippen LogP contribution in [0.4, 0.5) is 5.69 Å². The van der Waals surface area contributed by atoms with Crippen molar-refractivity contribution in [3.8, 4) is 11.5 Å². The van der Waals surface area contributed by atoms with Crippen molar-refractivity contribution in [3.63, 3.8) is 0 Å². The highest BCUT2D eigenvalue weighted by atomic mass is 79.9. The molecule has 0 spiro atoms. The SMILES string of the molecule is CCOC(=O)c1ccc(N=C2SC(=Cc3cc(OCC)c(OCc4ccc(C(=O)O)cc4)cc3Br)C(=O)N2C)cc1. The Morgan fingerprint density at radius 1 is 0.976 bits per heavy atom. The third-order valence-electron chi connectivity index (χ3n) is 5.85. The molecule has 9 nitrogen and oxygen atoms in total. The zero-order valence-corrected chi connectivity index (χ0v) is 25.0. The van der Waals surface area contributed by atoms with Gasteiger partial charge < -0.3 is 19.3 Å². The van der Waals surface area contributed by atoms with Crippen LogP contribution in [0.1, 0.15) is 45.7 Å². The molecule has 3 aromatic carbocycles. The van der Waals surface area contributed by atoms with Gasteiger partial charge in [0.2, 0.25) is 0 Å². The minimum Gasteiger partial charge on any atom is -0.490 e. The Bertz CT molecular complexity index is 1520. The summed E-state index contributed by atoms with van der Waals surface area (Å²) in [6.45, 7) is 4.53. The number of hydrogen-bond acceptors (Lipinski definition) is 8. The molecule has 0 aromatic heterocycles. The number of thioether (sulfide) groups is 1. The van der Waals surface area contributed by atoms with E-state index in [9.17, 15) is 14.4 Å². The molecule has 1 fully saturated rings. The van der Waals surface area contributed by atoms with Crippen molar-refractivity contribution in [2.75, 3.05) is 20.3 Å². The number of halogens is 1. The van der Waals surface area contributed by atoms with Gasteiger partial charge in [0, 0.05) is 11.5 Å². The minimum absolute atomic E-state index is 0.202. The first kappa shape index (κ1) is 29.9. The largest absolute Gasteiger partial charge is 0.490 e. The van der Waals surface area contributed by atoms with Crippen LogP contribution in [0.25, 0.3) is 6.08 Å². The molecule has 0 unspecified atom stereocenters. The van der Waals surface area contributed by atoms with Gasteiger partial charge in [-0.15, -0.1) is 0 Å². The van der Waals surface area contributed by atoms with Crippen LogP contribution in [0.15, 0.2) is 75.0 Å². The maximum Gasteiger partial charge on any atom is 0.338 e. The summed E-state index contributed by atoms with van der Waals surface area (Å²) in [7, 11) is 1.66. The molecule has 212 valence electrons. The second-order valence-corrected chi connectivity index (χ2v) is 10.5. The van der Waals surface area contributed by atoms with E-state index in [0.717, 1.165) is 11.1 Å². The van der Waals surface area contributed by atoms with Crippen LogP contribution >= 0.6 is 27.7 Å². The molecule has 1 saturated heterocycles. The highest BCUT2D eigenvalue weighted by Gasteiger charge is 2.30. The predicted octanol–water partition coefficient (Wildman–Crippen LogP) is 6.54. The molecular formula is C30H27BrN2O7S. The summed E-state index contributed by atoms with van der Waals surface area (Å²) in [5, 5.41) is 9.59. The number of rotatable bonds is 10. The van der Waals surface area contributed by atoms with Crippen molar-refractivity contribution in [2.24, 2.45) is 4.99 Å². The summed E-state index contributed by atoms with van der Waals surface area (Å²) in [5.74, 6) is -0.588. The van der Waals surface area contributed by atoms with Gasteiger partial charge in [0.1, 0.15) is 6.61 Å². The van der Waals surface area contributed by atoms with Gasteiger partial charge in [0.25, 0.3) is 5.91 Å². The first-order valence-electron chi connectivity index (χ1n) is 12.6. The minimum atomic E-state index is -0.988. The van der Waals surface area contributed by atoms with E-state index in [2.05, 4.69) is 20.9 Å². The van der Waals surface area contributed by atoms with E-state index >= 15 is 0 Å². The molecule has 1 amide bonds. The van der Waals surface area contributed by atoms with Crippen molar-refractivity contribution in [1.82, 2.24) is 4.90 Å². The van der Waals surface area contributed by atoms with Crippen LogP contribution in [-0.2, 0) is 16.1 Å². The van der Waals surface area contributed by atoms with Gasteiger partial charge in [-0.2, -0.15) is 0 Å². The fraction of sp³-hybridized carbons (Fsp3) is 0.200. The molecule has 1 aliphatic heterocycles. The van der Waals surface area contributed by atoms with Gasteiger partial charge in [-0.3, -0.25) is 9.69 Å². The second-order valence-electron chi connectivity index (χ2n) is 8.68. The van der Waals surface area contributed by atoms with Gasteiger partial charge in [-0.05, 0) is 91.3 Å². The number of hydrogen-bond donors (Lipinski definition) is 1. The zero-order valence-electron chi connectivity index (χ0n) is 22.5. The summed E-state index contributed by atoms with van der Waals surface area (Å²) in [6, 6.07) is 16.7. The van der Waals surface area contributed by atoms with Crippen LogP contribution < -0.4 is 9.47 Å². The molecule has 41 heavy (non-hydrogen) atoms. The number of likely N-dealkylation sites (N-methyl/N-ethyl adjacent to an activating group) is 1. The lowest BCUT2D eigenvalue weighted by atomic mass is 10.1. The van der Waals surface area contributed by atoms with E-state index < -0.39 is 11.9 Å². The second kappa shape index (κ2) is 13.5. The highest BCUT2D eigenvalue weighted by Crippen LogP contribution is 2.38. The molecule has 1 aliphatic rings. The van der Waals surface area contributed by atoms with Crippen molar-refractivity contribution in [1.29, 1.82) is 0 Å². The lowest BCUT2D eigenvalue weighted by Gasteiger charge is -2.14. The maximum absolute atomic E-state index is 13.0. The molecule has 0 saturated carbocycles. The van der Waals surface area contributed by atoms with E-state index in [0.29, 0.717) is 50.5 Å². The normalized spacial score (nSPS) is 14.9. The summed E-state index contributed by atoms with van der Waals surface area (Å²) in [4.78, 5) is 42.5. The number of carboxylic acid groups (broad SMARTS) is 1. The fourth-order valence-corrected chi connectivity index (χ4v) is 5.15. The topological polar surface area (TPSA) is 115 Å². The lowest BCUT2D eigenvalue weighted by molar-refractivity contribution is -0.121. The standard InChI is InChI=1S/C30H27BrN2O7S/c1-4-38-24-14-21(23(31)16-25(24)40-17-18-6-8-19(9-7-18)28(35)36)15-26-27(34)33(3)30(41-26)32-22-12-10-20(11-13-22)29(37)39-5-2/h6-16H,4-5,17H2,1-3H3,(H,35,36). The monoisotopic (exact) mass is 638 g/mol. The van der Waals surface area contributed by atoms with Crippen LogP contribution in [-0.4, -0.2) is 53.3 Å². The Labute approximate surface area is 249 Å². The smallest absolute Gasteiger partial charge is 0.338 e. The van der Waals surface area contributed by atoms with E-state index in [4.69, 9.17) is 19.3 Å². The van der Waals surface area contributed by atoms with Gasteiger partial charge in [-0.25, -0.2) is 14.6 Å². The Kier molecular flexibility index (Phi) is 9.85. The van der Waals surface area contributed by atoms with Crippen molar-refractivity contribution < 1.29 is 33.7 Å².